The molecule has 1 fully saturated rings. The Morgan fingerprint density at radius 2 is 2.26 bits per heavy atom. The maximum Gasteiger partial charge on any atom is 0.308 e. The van der Waals surface area contributed by atoms with Crippen molar-refractivity contribution < 1.29 is 14.7 Å². The number of carbonyl (C=O) groups excluding carboxylic acids is 1. The Hall–Kier alpha value is -1.43. The summed E-state index contributed by atoms with van der Waals surface area (Å²) in [6.07, 6.45) is 2.22. The van der Waals surface area contributed by atoms with E-state index in [2.05, 4.69) is 4.98 Å². The Balaban J connectivity index is 2.14. The predicted molar refractivity (Wildman–Crippen MR) is 72.5 cm³/mol. The van der Waals surface area contributed by atoms with Gasteiger partial charge in [0, 0.05) is 13.1 Å². The molecule has 0 aliphatic carbocycles. The number of likely N-dealkylation sites (tertiary alicyclic amines) is 1. The molecular weight excluding hydrogens is 264 g/mol. The minimum atomic E-state index is -0.812. The first-order chi connectivity index (χ1) is 9.02. The zero-order valence-electron chi connectivity index (χ0n) is 11.2. The molecule has 104 valence electrons. The third-order valence-corrected chi connectivity index (χ3v) is 4.69. The Bertz CT molecular complexity index is 498. The number of hydrogen-bond donors (Lipinski definition) is 1. The SMILES string of the molecule is CCc1nc(C)c(C(=O)N2CCCC(C(=O)O)C2)s1. The van der Waals surface area contributed by atoms with Crippen molar-refractivity contribution in [1.82, 2.24) is 9.88 Å². The molecule has 1 aliphatic rings. The monoisotopic (exact) mass is 282 g/mol. The van der Waals surface area contributed by atoms with E-state index in [1.54, 1.807) is 4.90 Å². The fourth-order valence-electron chi connectivity index (χ4n) is 2.31. The number of aromatic nitrogens is 1. The van der Waals surface area contributed by atoms with Crippen LogP contribution in [0.15, 0.2) is 0 Å². The van der Waals surface area contributed by atoms with Gasteiger partial charge in [-0.05, 0) is 26.2 Å². The van der Waals surface area contributed by atoms with Crippen LogP contribution in [0, 0.1) is 12.8 Å². The number of carboxylic acid groups (broad SMARTS) is 1. The van der Waals surface area contributed by atoms with Gasteiger partial charge in [-0.3, -0.25) is 9.59 Å². The molecular formula is C13H18N2O3S. The summed E-state index contributed by atoms with van der Waals surface area (Å²) < 4.78 is 0. The second kappa shape index (κ2) is 5.69. The van der Waals surface area contributed by atoms with Gasteiger partial charge in [0.1, 0.15) is 4.88 Å². The molecule has 5 nitrogen and oxygen atoms in total. The number of piperidine rings is 1. The molecule has 0 bridgehead atoms. The van der Waals surface area contributed by atoms with E-state index >= 15 is 0 Å². The summed E-state index contributed by atoms with van der Waals surface area (Å²) in [5, 5.41) is 10.0. The van der Waals surface area contributed by atoms with E-state index in [0.717, 1.165) is 23.5 Å². The summed E-state index contributed by atoms with van der Waals surface area (Å²) in [5.41, 5.74) is 0.754. The average Bonchev–Trinajstić information content (AvgIpc) is 2.79. The number of carbonyl (C=O) groups is 2. The Kier molecular flexibility index (Phi) is 4.19. The standard InChI is InChI=1S/C13H18N2O3S/c1-3-10-14-8(2)11(19-10)12(16)15-6-4-5-9(7-15)13(17)18/h9H,3-7H2,1-2H3,(H,17,18). The Morgan fingerprint density at radius 3 is 2.84 bits per heavy atom. The Morgan fingerprint density at radius 1 is 1.53 bits per heavy atom. The Labute approximate surface area is 116 Å². The molecule has 0 saturated carbocycles. The number of carboxylic acids is 1. The highest BCUT2D eigenvalue weighted by atomic mass is 32.1. The smallest absolute Gasteiger partial charge is 0.308 e. The van der Waals surface area contributed by atoms with Crippen molar-refractivity contribution in [2.75, 3.05) is 13.1 Å². The average molecular weight is 282 g/mol. The number of aryl methyl sites for hydroxylation is 2. The molecule has 1 N–H and O–H groups in total. The number of amides is 1. The van der Waals surface area contributed by atoms with Crippen LogP contribution in [0.2, 0.25) is 0 Å². The molecule has 1 saturated heterocycles. The van der Waals surface area contributed by atoms with E-state index in [-0.39, 0.29) is 5.91 Å². The first kappa shape index (κ1) is 14.0. The van der Waals surface area contributed by atoms with Crippen LogP contribution in [0.3, 0.4) is 0 Å². The molecule has 2 rings (SSSR count). The summed E-state index contributed by atoms with van der Waals surface area (Å²) >= 11 is 1.42. The number of hydrogen-bond acceptors (Lipinski definition) is 4. The molecule has 0 aromatic carbocycles. The highest BCUT2D eigenvalue weighted by Crippen LogP contribution is 2.24. The van der Waals surface area contributed by atoms with Crippen molar-refractivity contribution in [2.24, 2.45) is 5.92 Å². The molecule has 19 heavy (non-hydrogen) atoms. The van der Waals surface area contributed by atoms with Gasteiger partial charge in [0.2, 0.25) is 0 Å². The van der Waals surface area contributed by atoms with Gasteiger partial charge >= 0.3 is 5.97 Å². The van der Waals surface area contributed by atoms with Crippen molar-refractivity contribution >= 4 is 23.2 Å². The molecule has 1 atom stereocenters. The number of thiazole rings is 1. The first-order valence-corrected chi connectivity index (χ1v) is 7.33. The maximum atomic E-state index is 12.4. The van der Waals surface area contributed by atoms with E-state index in [1.807, 2.05) is 13.8 Å². The fraction of sp³-hybridized carbons (Fsp3) is 0.615. The second-order valence-electron chi connectivity index (χ2n) is 4.80. The van der Waals surface area contributed by atoms with Crippen molar-refractivity contribution in [3.63, 3.8) is 0 Å². The van der Waals surface area contributed by atoms with Crippen molar-refractivity contribution in [3.8, 4) is 0 Å². The molecule has 2 heterocycles. The lowest BCUT2D eigenvalue weighted by molar-refractivity contribution is -0.143. The fourth-order valence-corrected chi connectivity index (χ4v) is 3.28. The number of nitrogens with zero attached hydrogens (tertiary/aromatic N) is 2. The van der Waals surface area contributed by atoms with Crippen LogP contribution < -0.4 is 0 Å². The lowest BCUT2D eigenvalue weighted by Gasteiger charge is -2.30. The lowest BCUT2D eigenvalue weighted by Crippen LogP contribution is -2.42. The summed E-state index contributed by atoms with van der Waals surface area (Å²) in [7, 11) is 0. The van der Waals surface area contributed by atoms with Crippen LogP contribution in [0.5, 0.6) is 0 Å². The minimum absolute atomic E-state index is 0.0688. The van der Waals surface area contributed by atoms with Gasteiger partial charge < -0.3 is 10.0 Å². The molecule has 6 heteroatoms. The molecule has 1 aliphatic heterocycles. The molecule has 1 aromatic rings. The quantitative estimate of drug-likeness (QED) is 0.920. The van der Waals surface area contributed by atoms with Crippen molar-refractivity contribution in [1.29, 1.82) is 0 Å². The van der Waals surface area contributed by atoms with Crippen molar-refractivity contribution in [3.05, 3.63) is 15.6 Å². The number of rotatable bonds is 3. The third-order valence-electron chi connectivity index (χ3n) is 3.40. The van der Waals surface area contributed by atoms with Crippen LogP contribution in [0.25, 0.3) is 0 Å². The van der Waals surface area contributed by atoms with Crippen LogP contribution in [0.1, 0.15) is 40.1 Å². The highest BCUT2D eigenvalue weighted by molar-refractivity contribution is 7.13. The van der Waals surface area contributed by atoms with Crippen LogP contribution in [-0.4, -0.2) is 40.0 Å². The van der Waals surface area contributed by atoms with Gasteiger partial charge in [-0.25, -0.2) is 4.98 Å². The van der Waals surface area contributed by atoms with Gasteiger partial charge in [-0.15, -0.1) is 11.3 Å². The summed E-state index contributed by atoms with van der Waals surface area (Å²) in [6.45, 7) is 4.80. The minimum Gasteiger partial charge on any atom is -0.481 e. The van der Waals surface area contributed by atoms with Gasteiger partial charge in [-0.2, -0.15) is 0 Å². The third kappa shape index (κ3) is 2.94. The highest BCUT2D eigenvalue weighted by Gasteiger charge is 2.30. The zero-order valence-corrected chi connectivity index (χ0v) is 12.0. The predicted octanol–water partition coefficient (Wildman–Crippen LogP) is 1.95. The van der Waals surface area contributed by atoms with Gasteiger partial charge in [0.15, 0.2) is 0 Å². The van der Waals surface area contributed by atoms with Gasteiger partial charge in [0.05, 0.1) is 16.6 Å². The first-order valence-electron chi connectivity index (χ1n) is 6.51. The van der Waals surface area contributed by atoms with E-state index in [9.17, 15) is 9.59 Å². The topological polar surface area (TPSA) is 70.5 Å². The summed E-state index contributed by atoms with van der Waals surface area (Å²) in [5.74, 6) is -1.31. The number of aliphatic carboxylic acids is 1. The maximum absolute atomic E-state index is 12.4. The van der Waals surface area contributed by atoms with Crippen LogP contribution >= 0.6 is 11.3 Å². The normalized spacial score (nSPS) is 19.5. The second-order valence-corrected chi connectivity index (χ2v) is 5.89. The molecule has 0 spiro atoms. The van der Waals surface area contributed by atoms with E-state index < -0.39 is 11.9 Å². The summed E-state index contributed by atoms with van der Waals surface area (Å²) in [6, 6.07) is 0. The van der Waals surface area contributed by atoms with E-state index in [0.29, 0.717) is 24.4 Å². The van der Waals surface area contributed by atoms with Gasteiger partial charge in [-0.1, -0.05) is 6.92 Å². The van der Waals surface area contributed by atoms with Crippen LogP contribution in [0.4, 0.5) is 0 Å². The largest absolute Gasteiger partial charge is 0.481 e. The molecule has 1 aromatic heterocycles. The molecule has 1 amide bonds. The van der Waals surface area contributed by atoms with Gasteiger partial charge in [0.25, 0.3) is 5.91 Å². The summed E-state index contributed by atoms with van der Waals surface area (Å²) in [4.78, 5) is 30.1. The van der Waals surface area contributed by atoms with E-state index in [1.165, 1.54) is 11.3 Å². The lowest BCUT2D eigenvalue weighted by atomic mass is 9.98. The van der Waals surface area contributed by atoms with Crippen LogP contribution in [-0.2, 0) is 11.2 Å². The molecule has 0 radical (unpaired) electrons. The zero-order chi connectivity index (χ0) is 14.0. The van der Waals surface area contributed by atoms with E-state index in [4.69, 9.17) is 5.11 Å². The van der Waals surface area contributed by atoms with Crippen molar-refractivity contribution in [2.45, 2.75) is 33.1 Å². The molecule has 1 unspecified atom stereocenters.